The summed E-state index contributed by atoms with van der Waals surface area (Å²) in [4.78, 5) is 0.272. The van der Waals surface area contributed by atoms with Gasteiger partial charge in [-0.2, -0.15) is 9.40 Å². The van der Waals surface area contributed by atoms with E-state index in [1.54, 1.807) is 21.1 Å². The van der Waals surface area contributed by atoms with Crippen molar-refractivity contribution >= 4 is 10.0 Å². The Hall–Kier alpha value is -0.960. The Morgan fingerprint density at radius 2 is 2.14 bits per heavy atom. The van der Waals surface area contributed by atoms with Gasteiger partial charge in [-0.25, -0.2) is 8.42 Å². The van der Waals surface area contributed by atoms with Gasteiger partial charge in [0.05, 0.1) is 18.0 Å². The summed E-state index contributed by atoms with van der Waals surface area (Å²) >= 11 is 0. The lowest BCUT2D eigenvalue weighted by Gasteiger charge is -2.27. The molecule has 0 radical (unpaired) electrons. The lowest BCUT2D eigenvalue weighted by atomic mass is 10.3. The van der Waals surface area contributed by atoms with E-state index in [0.29, 0.717) is 31.1 Å². The molecule has 1 aromatic rings. The van der Waals surface area contributed by atoms with E-state index in [1.807, 2.05) is 13.8 Å². The van der Waals surface area contributed by atoms with Crippen molar-refractivity contribution in [2.75, 3.05) is 27.3 Å². The van der Waals surface area contributed by atoms with Crippen molar-refractivity contribution in [3.63, 3.8) is 0 Å². The molecule has 0 aromatic carbocycles. The number of aromatic nitrogens is 2. The minimum absolute atomic E-state index is 0.0955. The van der Waals surface area contributed by atoms with Crippen LogP contribution in [0.15, 0.2) is 4.90 Å². The molecule has 0 aliphatic rings. The van der Waals surface area contributed by atoms with E-state index in [9.17, 15) is 8.42 Å². The smallest absolute Gasteiger partial charge is 0.247 e. The number of sulfonamides is 1. The lowest BCUT2D eigenvalue weighted by molar-refractivity contribution is 0.167. The standard InChI is InChI=1S/C13H26N4O3S/c1-6-10(2)17(7-8-20-5)21(18,19)13-11(3)15-16-12(13)9-14-4/h10,14H,6-9H2,1-5H3,(H,15,16). The average Bonchev–Trinajstić information content (AvgIpc) is 2.80. The van der Waals surface area contributed by atoms with E-state index >= 15 is 0 Å². The second kappa shape index (κ2) is 7.88. The van der Waals surface area contributed by atoms with Gasteiger partial charge in [0.15, 0.2) is 0 Å². The van der Waals surface area contributed by atoms with Crippen molar-refractivity contribution in [1.29, 1.82) is 0 Å². The molecule has 0 spiro atoms. The van der Waals surface area contributed by atoms with Crippen LogP contribution in [-0.2, 0) is 21.3 Å². The van der Waals surface area contributed by atoms with Crippen LogP contribution in [-0.4, -0.2) is 56.3 Å². The van der Waals surface area contributed by atoms with E-state index in [-0.39, 0.29) is 10.9 Å². The molecular weight excluding hydrogens is 292 g/mol. The summed E-state index contributed by atoms with van der Waals surface area (Å²) < 4.78 is 32.5. The summed E-state index contributed by atoms with van der Waals surface area (Å²) in [6.07, 6.45) is 0.737. The molecule has 122 valence electrons. The van der Waals surface area contributed by atoms with Crippen molar-refractivity contribution < 1.29 is 13.2 Å². The van der Waals surface area contributed by atoms with Crippen LogP contribution in [0.3, 0.4) is 0 Å². The van der Waals surface area contributed by atoms with Crippen LogP contribution in [0.25, 0.3) is 0 Å². The summed E-state index contributed by atoms with van der Waals surface area (Å²) in [6, 6.07) is -0.0955. The molecule has 1 unspecified atom stereocenters. The number of H-pyrrole nitrogens is 1. The van der Waals surface area contributed by atoms with Crippen molar-refractivity contribution in [3.8, 4) is 0 Å². The fourth-order valence-electron chi connectivity index (χ4n) is 2.18. The van der Waals surface area contributed by atoms with Crippen LogP contribution < -0.4 is 5.32 Å². The molecule has 1 aromatic heterocycles. The van der Waals surface area contributed by atoms with Gasteiger partial charge in [0, 0.05) is 26.2 Å². The molecule has 1 rings (SSSR count). The van der Waals surface area contributed by atoms with E-state index in [1.165, 1.54) is 4.31 Å². The first-order valence-corrected chi connectivity index (χ1v) is 8.53. The molecular formula is C13H26N4O3S. The zero-order valence-corrected chi connectivity index (χ0v) is 14.2. The van der Waals surface area contributed by atoms with Crippen LogP contribution in [0.2, 0.25) is 0 Å². The highest BCUT2D eigenvalue weighted by molar-refractivity contribution is 7.89. The highest BCUT2D eigenvalue weighted by atomic mass is 32.2. The zero-order chi connectivity index (χ0) is 16.0. The van der Waals surface area contributed by atoms with Gasteiger partial charge >= 0.3 is 0 Å². The first-order chi connectivity index (χ1) is 9.89. The highest BCUT2D eigenvalue weighted by Gasteiger charge is 2.32. The fourth-order valence-corrected chi connectivity index (χ4v) is 4.20. The first kappa shape index (κ1) is 18.1. The zero-order valence-electron chi connectivity index (χ0n) is 13.4. The summed E-state index contributed by atoms with van der Waals surface area (Å²) in [6.45, 7) is 6.69. The molecule has 0 amide bonds. The van der Waals surface area contributed by atoms with E-state index in [4.69, 9.17) is 4.74 Å². The van der Waals surface area contributed by atoms with E-state index in [2.05, 4.69) is 15.5 Å². The first-order valence-electron chi connectivity index (χ1n) is 7.09. The minimum atomic E-state index is -3.61. The Bertz CT molecular complexity index is 542. The van der Waals surface area contributed by atoms with E-state index < -0.39 is 10.0 Å². The molecule has 1 atom stereocenters. The maximum Gasteiger partial charge on any atom is 0.247 e. The Morgan fingerprint density at radius 1 is 1.48 bits per heavy atom. The molecule has 1 heterocycles. The Balaban J connectivity index is 3.25. The number of methoxy groups -OCH3 is 1. The van der Waals surface area contributed by atoms with Crippen LogP contribution in [0.5, 0.6) is 0 Å². The molecule has 0 saturated carbocycles. The molecule has 0 aliphatic heterocycles. The van der Waals surface area contributed by atoms with Gasteiger partial charge in [0.2, 0.25) is 10.0 Å². The normalized spacial score (nSPS) is 13.8. The Morgan fingerprint density at radius 3 is 2.67 bits per heavy atom. The summed E-state index contributed by atoms with van der Waals surface area (Å²) in [5, 5.41) is 9.81. The van der Waals surface area contributed by atoms with Gasteiger partial charge in [0.1, 0.15) is 4.90 Å². The number of hydrogen-bond acceptors (Lipinski definition) is 5. The van der Waals surface area contributed by atoms with Crippen molar-refractivity contribution in [3.05, 3.63) is 11.4 Å². The van der Waals surface area contributed by atoms with Gasteiger partial charge < -0.3 is 10.1 Å². The molecule has 0 saturated heterocycles. The number of ether oxygens (including phenoxy) is 1. The molecule has 7 nitrogen and oxygen atoms in total. The SMILES string of the molecule is CCC(C)N(CCOC)S(=O)(=O)c1c(CNC)n[nH]c1C. The lowest BCUT2D eigenvalue weighted by Crippen LogP contribution is -2.41. The van der Waals surface area contributed by atoms with Gasteiger partial charge in [-0.05, 0) is 27.3 Å². The quantitative estimate of drug-likeness (QED) is 0.705. The van der Waals surface area contributed by atoms with Crippen molar-refractivity contribution in [2.45, 2.75) is 44.7 Å². The van der Waals surface area contributed by atoms with Crippen molar-refractivity contribution in [2.24, 2.45) is 0 Å². The molecule has 21 heavy (non-hydrogen) atoms. The number of nitrogens with zero attached hydrogens (tertiary/aromatic N) is 2. The van der Waals surface area contributed by atoms with Crippen LogP contribution in [0, 0.1) is 6.92 Å². The van der Waals surface area contributed by atoms with Gasteiger partial charge in [-0.3, -0.25) is 5.10 Å². The second-order valence-electron chi connectivity index (χ2n) is 5.02. The summed E-state index contributed by atoms with van der Waals surface area (Å²) in [5.41, 5.74) is 1.08. The molecule has 8 heteroatoms. The monoisotopic (exact) mass is 318 g/mol. The topological polar surface area (TPSA) is 87.3 Å². The predicted octanol–water partition coefficient (Wildman–Crippen LogP) is 0.873. The van der Waals surface area contributed by atoms with Crippen molar-refractivity contribution in [1.82, 2.24) is 19.8 Å². The Kier molecular flexibility index (Phi) is 6.79. The molecule has 0 aliphatic carbocycles. The second-order valence-corrected chi connectivity index (χ2v) is 6.85. The molecule has 2 N–H and O–H groups in total. The summed E-state index contributed by atoms with van der Waals surface area (Å²) in [5.74, 6) is 0. The molecule has 0 bridgehead atoms. The van der Waals surface area contributed by atoms with Gasteiger partial charge in [-0.1, -0.05) is 6.92 Å². The largest absolute Gasteiger partial charge is 0.383 e. The average molecular weight is 318 g/mol. The molecule has 0 fully saturated rings. The third-order valence-corrected chi connectivity index (χ3v) is 5.69. The number of hydrogen-bond donors (Lipinski definition) is 2. The maximum atomic E-state index is 13.0. The van der Waals surface area contributed by atoms with Crippen LogP contribution in [0.1, 0.15) is 31.7 Å². The number of aryl methyl sites for hydroxylation is 1. The third kappa shape index (κ3) is 4.03. The predicted molar refractivity (Wildman–Crippen MR) is 81.6 cm³/mol. The van der Waals surface area contributed by atoms with Crippen LogP contribution >= 0.6 is 0 Å². The van der Waals surface area contributed by atoms with Gasteiger partial charge in [0.25, 0.3) is 0 Å². The fraction of sp³-hybridized carbons (Fsp3) is 0.769. The van der Waals surface area contributed by atoms with E-state index in [0.717, 1.165) is 6.42 Å². The number of rotatable bonds is 9. The van der Waals surface area contributed by atoms with Crippen LogP contribution in [0.4, 0.5) is 0 Å². The number of aromatic amines is 1. The number of nitrogens with one attached hydrogen (secondary N) is 2. The summed E-state index contributed by atoms with van der Waals surface area (Å²) in [7, 11) is -0.277. The minimum Gasteiger partial charge on any atom is -0.383 e. The highest BCUT2D eigenvalue weighted by Crippen LogP contribution is 2.24. The Labute approximate surface area is 127 Å². The maximum absolute atomic E-state index is 13.0. The third-order valence-electron chi connectivity index (χ3n) is 3.47. The van der Waals surface area contributed by atoms with Gasteiger partial charge in [-0.15, -0.1) is 0 Å².